The van der Waals surface area contributed by atoms with E-state index in [9.17, 15) is 14.9 Å². The minimum absolute atomic E-state index is 0.000190. The second kappa shape index (κ2) is 6.95. The van der Waals surface area contributed by atoms with E-state index in [0.29, 0.717) is 23.6 Å². The van der Waals surface area contributed by atoms with Gasteiger partial charge in [0, 0.05) is 12.1 Å². The molecule has 0 spiro atoms. The highest BCUT2D eigenvalue weighted by Gasteiger charge is 2.33. The van der Waals surface area contributed by atoms with E-state index in [0.717, 1.165) is 5.69 Å². The molecule has 2 aliphatic heterocycles. The average Bonchev–Trinajstić information content (AvgIpc) is 3.25. The molecule has 140 valence electrons. The molecule has 2 aromatic carbocycles. The second-order valence-electron chi connectivity index (χ2n) is 5.94. The summed E-state index contributed by atoms with van der Waals surface area (Å²) in [5, 5.41) is 19.3. The molecule has 0 aliphatic carbocycles. The highest BCUT2D eigenvalue weighted by atomic mass is 16.7. The largest absolute Gasteiger partial charge is 0.454 e. The number of hydrogen-bond donors (Lipinski definition) is 0. The fourth-order valence-electron chi connectivity index (χ4n) is 3.03. The molecule has 2 aromatic rings. The fourth-order valence-corrected chi connectivity index (χ4v) is 3.03. The van der Waals surface area contributed by atoms with E-state index in [-0.39, 0.29) is 29.7 Å². The number of carbonyl (C=O) groups excluding carboxylic acids is 1. The smallest absolute Gasteiger partial charge is 0.282 e. The van der Waals surface area contributed by atoms with Crippen LogP contribution >= 0.6 is 0 Å². The molecule has 0 aromatic heterocycles. The summed E-state index contributed by atoms with van der Waals surface area (Å²) in [5.74, 6) is 0.382. The number of carbonyl (C=O) groups is 1. The molecule has 0 unspecified atom stereocenters. The lowest BCUT2D eigenvalue weighted by Gasteiger charge is -2.13. The summed E-state index contributed by atoms with van der Waals surface area (Å²) in [4.78, 5) is 25.0. The summed E-state index contributed by atoms with van der Waals surface area (Å²) in [5.41, 5.74) is 1.53. The van der Waals surface area contributed by atoms with Gasteiger partial charge in [0.1, 0.15) is 0 Å². The predicted octanol–water partition coefficient (Wildman–Crippen LogP) is 2.68. The van der Waals surface area contributed by atoms with Crippen LogP contribution < -0.4 is 14.4 Å². The lowest BCUT2D eigenvalue weighted by Crippen LogP contribution is -2.30. The van der Waals surface area contributed by atoms with Crippen molar-refractivity contribution in [3.63, 3.8) is 0 Å². The van der Waals surface area contributed by atoms with Crippen LogP contribution in [-0.4, -0.2) is 36.1 Å². The maximum absolute atomic E-state index is 12.7. The van der Waals surface area contributed by atoms with Crippen LogP contribution in [0.25, 0.3) is 0 Å². The van der Waals surface area contributed by atoms with Gasteiger partial charge in [-0.15, -0.1) is 11.7 Å². The van der Waals surface area contributed by atoms with Crippen LogP contribution in [0.15, 0.2) is 59.3 Å². The minimum Gasteiger partial charge on any atom is -0.454 e. The number of fused-ring (bicyclic) bond motifs is 2. The first-order valence-electron chi connectivity index (χ1n) is 8.31. The third-order valence-corrected chi connectivity index (χ3v) is 4.28. The van der Waals surface area contributed by atoms with Gasteiger partial charge in [0.15, 0.2) is 17.2 Å². The fraction of sp³-hybridized carbons (Fsp3) is 0.105. The third kappa shape index (κ3) is 2.88. The molecule has 0 radical (unpaired) electrons. The number of para-hydroxylation sites is 1. The van der Waals surface area contributed by atoms with Crippen molar-refractivity contribution < 1.29 is 19.2 Å². The standard InChI is InChI=1S/C19H14N4O5/c1-2-7-22-14-6-4-3-5-13(14)18(19(22)24)21-20-10-12-8-16-17(28-11-27-16)9-15(12)23(25)26/h2-6,8-10H,1,7,11H2/b20-10+,21-18+. The minimum atomic E-state index is -0.543. The monoisotopic (exact) mass is 378 g/mol. The van der Waals surface area contributed by atoms with Crippen LogP contribution in [0.3, 0.4) is 0 Å². The van der Waals surface area contributed by atoms with Crippen LogP contribution in [0.2, 0.25) is 0 Å². The molecule has 0 saturated heterocycles. The molecule has 1 amide bonds. The van der Waals surface area contributed by atoms with Crippen molar-refractivity contribution in [2.24, 2.45) is 10.2 Å². The molecule has 2 heterocycles. The summed E-state index contributed by atoms with van der Waals surface area (Å²) in [6.45, 7) is 4.00. The van der Waals surface area contributed by atoms with E-state index < -0.39 is 4.92 Å². The zero-order chi connectivity index (χ0) is 19.7. The van der Waals surface area contributed by atoms with E-state index in [4.69, 9.17) is 9.47 Å². The Hall–Kier alpha value is -4.01. The number of benzene rings is 2. The quantitative estimate of drug-likeness (QED) is 0.344. The Labute approximate surface area is 159 Å². The zero-order valence-electron chi connectivity index (χ0n) is 14.6. The van der Waals surface area contributed by atoms with Crippen LogP contribution in [0.1, 0.15) is 11.1 Å². The SMILES string of the molecule is C=CCN1C(=O)/C(=N/N=C/c2cc3c(cc2[N+](=O)[O-])OCO3)c2ccccc21. The normalized spacial score (nSPS) is 16.1. The summed E-state index contributed by atoms with van der Waals surface area (Å²) in [6, 6.07) is 9.94. The number of anilines is 1. The number of rotatable bonds is 5. The molecule has 2 aliphatic rings. The van der Waals surface area contributed by atoms with Crippen molar-refractivity contribution in [1.29, 1.82) is 0 Å². The summed E-state index contributed by atoms with van der Waals surface area (Å²) < 4.78 is 10.4. The maximum atomic E-state index is 12.7. The maximum Gasteiger partial charge on any atom is 0.282 e. The van der Waals surface area contributed by atoms with Crippen molar-refractivity contribution in [2.75, 3.05) is 18.2 Å². The average molecular weight is 378 g/mol. The lowest BCUT2D eigenvalue weighted by molar-refractivity contribution is -0.385. The van der Waals surface area contributed by atoms with Gasteiger partial charge in [0.05, 0.1) is 28.5 Å². The van der Waals surface area contributed by atoms with Gasteiger partial charge in [-0.1, -0.05) is 24.3 Å². The lowest BCUT2D eigenvalue weighted by atomic mass is 10.1. The molecule has 0 atom stereocenters. The van der Waals surface area contributed by atoms with Gasteiger partial charge in [-0.25, -0.2) is 0 Å². The Balaban J connectivity index is 1.70. The van der Waals surface area contributed by atoms with Crippen LogP contribution in [0, 0.1) is 10.1 Å². The molecule has 0 fully saturated rings. The van der Waals surface area contributed by atoms with Crippen LogP contribution in [0.4, 0.5) is 11.4 Å². The molecule has 0 N–H and O–H groups in total. The van der Waals surface area contributed by atoms with Gasteiger partial charge in [0.25, 0.3) is 11.6 Å². The van der Waals surface area contributed by atoms with E-state index in [2.05, 4.69) is 16.8 Å². The van der Waals surface area contributed by atoms with Gasteiger partial charge in [-0.3, -0.25) is 14.9 Å². The molecular formula is C19H14N4O5. The van der Waals surface area contributed by atoms with Gasteiger partial charge < -0.3 is 14.4 Å². The Bertz CT molecular complexity index is 1060. The van der Waals surface area contributed by atoms with Crippen molar-refractivity contribution in [3.05, 3.63) is 70.3 Å². The molecule has 9 nitrogen and oxygen atoms in total. The van der Waals surface area contributed by atoms with E-state index in [1.54, 1.807) is 23.1 Å². The number of nitro groups is 1. The number of amides is 1. The molecule has 28 heavy (non-hydrogen) atoms. The number of hydrogen-bond acceptors (Lipinski definition) is 7. The first-order valence-corrected chi connectivity index (χ1v) is 8.31. The van der Waals surface area contributed by atoms with Crippen LogP contribution in [0.5, 0.6) is 11.5 Å². The first-order chi connectivity index (χ1) is 13.6. The molecule has 4 rings (SSSR count). The van der Waals surface area contributed by atoms with Gasteiger partial charge >= 0.3 is 0 Å². The molecule has 0 saturated carbocycles. The third-order valence-electron chi connectivity index (χ3n) is 4.28. The van der Waals surface area contributed by atoms with E-state index in [1.807, 2.05) is 12.1 Å². The molecule has 9 heteroatoms. The van der Waals surface area contributed by atoms with Gasteiger partial charge in [-0.2, -0.15) is 5.10 Å². The van der Waals surface area contributed by atoms with E-state index >= 15 is 0 Å². The summed E-state index contributed by atoms with van der Waals surface area (Å²) in [6.07, 6.45) is 2.84. The summed E-state index contributed by atoms with van der Waals surface area (Å²) in [7, 11) is 0. The first kappa shape index (κ1) is 17.4. The highest BCUT2D eigenvalue weighted by Crippen LogP contribution is 2.37. The van der Waals surface area contributed by atoms with Crippen molar-refractivity contribution in [3.8, 4) is 11.5 Å². The molecule has 0 bridgehead atoms. The van der Waals surface area contributed by atoms with Gasteiger partial charge in [0.2, 0.25) is 6.79 Å². The van der Waals surface area contributed by atoms with Crippen molar-refractivity contribution in [1.82, 2.24) is 0 Å². The topological polar surface area (TPSA) is 107 Å². The summed E-state index contributed by atoms with van der Waals surface area (Å²) >= 11 is 0. The Morgan fingerprint density at radius 2 is 2.00 bits per heavy atom. The molecular weight excluding hydrogens is 364 g/mol. The Kier molecular flexibility index (Phi) is 4.32. The highest BCUT2D eigenvalue weighted by molar-refractivity contribution is 6.54. The van der Waals surface area contributed by atoms with Crippen molar-refractivity contribution in [2.45, 2.75) is 0 Å². The van der Waals surface area contributed by atoms with Gasteiger partial charge in [-0.05, 0) is 12.1 Å². The zero-order valence-corrected chi connectivity index (χ0v) is 14.6. The van der Waals surface area contributed by atoms with Crippen molar-refractivity contribution >= 4 is 29.2 Å². The predicted molar refractivity (Wildman–Crippen MR) is 102 cm³/mol. The number of nitro benzene ring substituents is 1. The number of nitrogens with zero attached hydrogens (tertiary/aromatic N) is 4. The van der Waals surface area contributed by atoms with E-state index in [1.165, 1.54) is 18.3 Å². The Morgan fingerprint density at radius 1 is 1.25 bits per heavy atom. The number of ether oxygens (including phenoxy) is 2. The van der Waals surface area contributed by atoms with Crippen LogP contribution in [-0.2, 0) is 4.79 Å². The Morgan fingerprint density at radius 3 is 2.75 bits per heavy atom. The second-order valence-corrected chi connectivity index (χ2v) is 5.94.